The van der Waals surface area contributed by atoms with Gasteiger partial charge in [0.25, 0.3) is 0 Å². The van der Waals surface area contributed by atoms with Crippen LogP contribution in [0.2, 0.25) is 0 Å². The number of H-pyrrole nitrogens is 1. The fourth-order valence-corrected chi connectivity index (χ4v) is 2.98. The summed E-state index contributed by atoms with van der Waals surface area (Å²) in [7, 11) is 0. The lowest BCUT2D eigenvalue weighted by atomic mass is 10.1. The molecule has 2 aromatic heterocycles. The molecule has 0 saturated carbocycles. The van der Waals surface area contributed by atoms with Gasteiger partial charge in [-0.2, -0.15) is 0 Å². The van der Waals surface area contributed by atoms with Gasteiger partial charge in [0.2, 0.25) is 0 Å². The summed E-state index contributed by atoms with van der Waals surface area (Å²) in [4.78, 5) is 25.7. The standard InChI is InChI=1S/C16H23N5O2/c1-4-23-16(22)21-7-5-12(6-8-21)20-15-13-9-10(2)17-14(13)18-11(3)19-15/h9,12H,4-8H2,1-3H3,(H2,17,18,19,20). The Balaban J connectivity index is 1.68. The van der Waals surface area contributed by atoms with Gasteiger partial charge in [-0.25, -0.2) is 14.8 Å². The highest BCUT2D eigenvalue weighted by Crippen LogP contribution is 2.24. The summed E-state index contributed by atoms with van der Waals surface area (Å²) in [5.74, 6) is 1.61. The number of hydrogen-bond acceptors (Lipinski definition) is 5. The van der Waals surface area contributed by atoms with Crippen LogP contribution in [0.4, 0.5) is 10.6 Å². The quantitative estimate of drug-likeness (QED) is 0.909. The van der Waals surface area contributed by atoms with Gasteiger partial charge in [0.05, 0.1) is 12.0 Å². The van der Waals surface area contributed by atoms with E-state index in [0.29, 0.717) is 25.7 Å². The zero-order chi connectivity index (χ0) is 16.4. The molecular weight excluding hydrogens is 294 g/mol. The fourth-order valence-electron chi connectivity index (χ4n) is 2.98. The summed E-state index contributed by atoms with van der Waals surface area (Å²) in [6.07, 6.45) is 1.55. The molecule has 7 nitrogen and oxygen atoms in total. The molecule has 124 valence electrons. The molecule has 0 aromatic carbocycles. The summed E-state index contributed by atoms with van der Waals surface area (Å²) in [5.41, 5.74) is 1.93. The van der Waals surface area contributed by atoms with Gasteiger partial charge in [0.1, 0.15) is 17.3 Å². The SMILES string of the molecule is CCOC(=O)N1CCC(Nc2nc(C)nc3[nH]c(C)cc23)CC1. The number of aryl methyl sites for hydroxylation is 2. The number of rotatable bonds is 3. The van der Waals surface area contributed by atoms with Crippen molar-refractivity contribution in [3.63, 3.8) is 0 Å². The van der Waals surface area contributed by atoms with Crippen molar-refractivity contribution < 1.29 is 9.53 Å². The highest BCUT2D eigenvalue weighted by atomic mass is 16.6. The molecule has 23 heavy (non-hydrogen) atoms. The Bertz CT molecular complexity index is 704. The minimum Gasteiger partial charge on any atom is -0.450 e. The average molecular weight is 317 g/mol. The van der Waals surface area contributed by atoms with E-state index in [-0.39, 0.29) is 6.09 Å². The third kappa shape index (κ3) is 3.38. The molecule has 1 aliphatic rings. The van der Waals surface area contributed by atoms with E-state index in [0.717, 1.165) is 41.2 Å². The van der Waals surface area contributed by atoms with Gasteiger partial charge in [-0.1, -0.05) is 0 Å². The topological polar surface area (TPSA) is 83.1 Å². The number of nitrogens with zero attached hydrogens (tertiary/aromatic N) is 3. The Morgan fingerprint density at radius 2 is 2.13 bits per heavy atom. The first-order valence-corrected chi connectivity index (χ1v) is 8.09. The number of amides is 1. The highest BCUT2D eigenvalue weighted by Gasteiger charge is 2.24. The number of piperidine rings is 1. The first-order valence-electron chi connectivity index (χ1n) is 8.09. The molecule has 0 aliphatic carbocycles. The molecule has 2 N–H and O–H groups in total. The Hall–Kier alpha value is -2.31. The lowest BCUT2D eigenvalue weighted by Gasteiger charge is -2.32. The van der Waals surface area contributed by atoms with Crippen molar-refractivity contribution in [2.75, 3.05) is 25.0 Å². The number of carbonyl (C=O) groups excluding carboxylic acids is 1. The van der Waals surface area contributed by atoms with Crippen LogP contribution in [0.3, 0.4) is 0 Å². The molecule has 1 aliphatic heterocycles. The average Bonchev–Trinajstić information content (AvgIpc) is 2.88. The number of aromatic nitrogens is 3. The van der Waals surface area contributed by atoms with Gasteiger partial charge in [-0.15, -0.1) is 0 Å². The summed E-state index contributed by atoms with van der Waals surface area (Å²) in [5, 5.41) is 4.53. The van der Waals surface area contributed by atoms with Crippen molar-refractivity contribution in [2.45, 2.75) is 39.7 Å². The minimum absolute atomic E-state index is 0.215. The van der Waals surface area contributed by atoms with Crippen LogP contribution in [-0.2, 0) is 4.74 Å². The molecule has 3 heterocycles. The maximum absolute atomic E-state index is 11.7. The third-order valence-electron chi connectivity index (χ3n) is 4.10. The van der Waals surface area contributed by atoms with Crippen LogP contribution >= 0.6 is 0 Å². The molecule has 0 unspecified atom stereocenters. The summed E-state index contributed by atoms with van der Waals surface area (Å²) < 4.78 is 5.05. The normalized spacial score (nSPS) is 15.9. The Labute approximate surface area is 135 Å². The number of ether oxygens (including phenoxy) is 1. The van der Waals surface area contributed by atoms with E-state index in [9.17, 15) is 4.79 Å². The second-order valence-electron chi connectivity index (χ2n) is 5.94. The first-order chi connectivity index (χ1) is 11.1. The van der Waals surface area contributed by atoms with Gasteiger partial charge >= 0.3 is 6.09 Å². The van der Waals surface area contributed by atoms with Gasteiger partial charge in [0.15, 0.2) is 0 Å². The van der Waals surface area contributed by atoms with E-state index in [1.807, 2.05) is 20.8 Å². The molecule has 3 rings (SSSR count). The maximum Gasteiger partial charge on any atom is 0.409 e. The van der Waals surface area contributed by atoms with Crippen molar-refractivity contribution in [3.8, 4) is 0 Å². The van der Waals surface area contributed by atoms with Crippen molar-refractivity contribution in [2.24, 2.45) is 0 Å². The van der Waals surface area contributed by atoms with Crippen LogP contribution in [-0.4, -0.2) is 51.7 Å². The predicted molar refractivity (Wildman–Crippen MR) is 88.6 cm³/mol. The first kappa shape index (κ1) is 15.6. The van der Waals surface area contributed by atoms with E-state index in [4.69, 9.17) is 4.74 Å². The number of hydrogen-bond donors (Lipinski definition) is 2. The molecule has 7 heteroatoms. The van der Waals surface area contributed by atoms with Crippen molar-refractivity contribution in [1.29, 1.82) is 0 Å². The van der Waals surface area contributed by atoms with E-state index >= 15 is 0 Å². The molecule has 0 radical (unpaired) electrons. The number of likely N-dealkylation sites (tertiary alicyclic amines) is 1. The molecule has 0 bridgehead atoms. The summed E-state index contributed by atoms with van der Waals surface area (Å²) in [6, 6.07) is 2.36. The number of nitrogens with one attached hydrogen (secondary N) is 2. The van der Waals surface area contributed by atoms with Crippen LogP contribution in [0.5, 0.6) is 0 Å². The van der Waals surface area contributed by atoms with E-state index in [1.54, 1.807) is 4.90 Å². The number of anilines is 1. The highest BCUT2D eigenvalue weighted by molar-refractivity contribution is 5.88. The monoisotopic (exact) mass is 317 g/mol. The van der Waals surface area contributed by atoms with Gasteiger partial charge in [-0.3, -0.25) is 0 Å². The van der Waals surface area contributed by atoms with Crippen molar-refractivity contribution in [3.05, 3.63) is 17.6 Å². The number of carbonyl (C=O) groups is 1. The third-order valence-corrected chi connectivity index (χ3v) is 4.10. The summed E-state index contributed by atoms with van der Waals surface area (Å²) >= 11 is 0. The van der Waals surface area contributed by atoms with Gasteiger partial charge < -0.3 is 19.9 Å². The molecular formula is C16H23N5O2. The zero-order valence-corrected chi connectivity index (χ0v) is 13.8. The number of fused-ring (bicyclic) bond motifs is 1. The molecule has 0 spiro atoms. The van der Waals surface area contributed by atoms with Crippen LogP contribution in [0.15, 0.2) is 6.07 Å². The Morgan fingerprint density at radius 1 is 1.39 bits per heavy atom. The van der Waals surface area contributed by atoms with E-state index in [2.05, 4.69) is 26.3 Å². The fraction of sp³-hybridized carbons (Fsp3) is 0.562. The minimum atomic E-state index is -0.215. The Kier molecular flexibility index (Phi) is 4.36. The molecule has 1 fully saturated rings. The van der Waals surface area contributed by atoms with Crippen LogP contribution in [0.1, 0.15) is 31.3 Å². The van der Waals surface area contributed by atoms with E-state index in [1.165, 1.54) is 0 Å². The maximum atomic E-state index is 11.7. The van der Waals surface area contributed by atoms with Crippen molar-refractivity contribution >= 4 is 22.9 Å². The smallest absolute Gasteiger partial charge is 0.409 e. The molecule has 2 aromatic rings. The Morgan fingerprint density at radius 3 is 2.83 bits per heavy atom. The zero-order valence-electron chi connectivity index (χ0n) is 13.8. The molecule has 1 saturated heterocycles. The van der Waals surface area contributed by atoms with Gasteiger partial charge in [0, 0.05) is 24.8 Å². The molecule has 0 atom stereocenters. The second-order valence-corrected chi connectivity index (χ2v) is 5.94. The lowest BCUT2D eigenvalue weighted by molar-refractivity contribution is 0.0983. The summed E-state index contributed by atoms with van der Waals surface area (Å²) in [6.45, 7) is 7.56. The predicted octanol–water partition coefficient (Wildman–Crippen LogP) is 2.61. The van der Waals surface area contributed by atoms with Gasteiger partial charge in [-0.05, 0) is 39.7 Å². The van der Waals surface area contributed by atoms with Crippen LogP contribution < -0.4 is 5.32 Å². The van der Waals surface area contributed by atoms with Crippen LogP contribution in [0.25, 0.3) is 11.0 Å². The lowest BCUT2D eigenvalue weighted by Crippen LogP contribution is -2.42. The second kappa shape index (κ2) is 6.44. The molecule has 1 amide bonds. The van der Waals surface area contributed by atoms with E-state index < -0.39 is 0 Å². The largest absolute Gasteiger partial charge is 0.450 e. The number of aromatic amines is 1. The van der Waals surface area contributed by atoms with Crippen molar-refractivity contribution in [1.82, 2.24) is 19.9 Å². The van der Waals surface area contributed by atoms with Crippen LogP contribution in [0, 0.1) is 13.8 Å².